The Morgan fingerprint density at radius 2 is 1.93 bits per heavy atom. The Morgan fingerprint density at radius 3 is 2.61 bits per heavy atom. The lowest BCUT2D eigenvalue weighted by molar-refractivity contribution is -0.0978. The van der Waals surface area contributed by atoms with Crippen molar-refractivity contribution >= 4 is 22.9 Å². The molecular formula is C19H24N4O4S. The van der Waals surface area contributed by atoms with E-state index in [4.69, 9.17) is 14.2 Å². The van der Waals surface area contributed by atoms with Crippen LogP contribution in [0.3, 0.4) is 0 Å². The molecule has 0 bridgehead atoms. The SMILES string of the molecule is COc1ccc(NC(=O)c2nnc(CN3CCC(C4OCCO4)CC3)s2)cc1. The van der Waals surface area contributed by atoms with E-state index >= 15 is 0 Å². The van der Waals surface area contributed by atoms with E-state index < -0.39 is 0 Å². The van der Waals surface area contributed by atoms with Crippen LogP contribution in [-0.2, 0) is 16.0 Å². The third-order valence-electron chi connectivity index (χ3n) is 5.03. The number of aromatic nitrogens is 2. The second-order valence-corrected chi connectivity index (χ2v) is 7.97. The number of rotatable bonds is 6. The molecule has 2 aromatic rings. The van der Waals surface area contributed by atoms with Crippen LogP contribution in [0.4, 0.5) is 5.69 Å². The molecule has 150 valence electrons. The van der Waals surface area contributed by atoms with Crippen LogP contribution in [-0.4, -0.2) is 60.7 Å². The normalized spacial score (nSPS) is 19.0. The van der Waals surface area contributed by atoms with Crippen molar-refractivity contribution in [1.82, 2.24) is 15.1 Å². The summed E-state index contributed by atoms with van der Waals surface area (Å²) in [5, 5.41) is 12.3. The molecule has 0 spiro atoms. The minimum atomic E-state index is -0.247. The molecule has 0 unspecified atom stereocenters. The molecule has 0 saturated carbocycles. The molecule has 2 saturated heterocycles. The highest BCUT2D eigenvalue weighted by Crippen LogP contribution is 2.27. The monoisotopic (exact) mass is 404 g/mol. The molecule has 3 heterocycles. The van der Waals surface area contributed by atoms with Gasteiger partial charge in [0.2, 0.25) is 5.01 Å². The maximum Gasteiger partial charge on any atom is 0.286 e. The lowest BCUT2D eigenvalue weighted by atomic mass is 9.96. The van der Waals surface area contributed by atoms with Gasteiger partial charge in [0.05, 0.1) is 26.9 Å². The van der Waals surface area contributed by atoms with E-state index in [0.717, 1.165) is 36.7 Å². The first-order valence-electron chi connectivity index (χ1n) is 9.44. The number of benzene rings is 1. The molecule has 1 aromatic heterocycles. The number of anilines is 1. The second kappa shape index (κ2) is 8.95. The van der Waals surface area contributed by atoms with Gasteiger partial charge >= 0.3 is 0 Å². The van der Waals surface area contributed by atoms with Crippen molar-refractivity contribution in [3.63, 3.8) is 0 Å². The van der Waals surface area contributed by atoms with Crippen LogP contribution in [0.25, 0.3) is 0 Å². The van der Waals surface area contributed by atoms with Gasteiger partial charge < -0.3 is 19.5 Å². The molecular weight excluding hydrogens is 380 g/mol. The van der Waals surface area contributed by atoms with Crippen LogP contribution in [0.5, 0.6) is 5.75 Å². The van der Waals surface area contributed by atoms with Crippen LogP contribution >= 0.6 is 11.3 Å². The molecule has 0 atom stereocenters. The summed E-state index contributed by atoms with van der Waals surface area (Å²) in [4.78, 5) is 14.7. The van der Waals surface area contributed by atoms with Crippen molar-refractivity contribution < 1.29 is 19.0 Å². The van der Waals surface area contributed by atoms with Crippen molar-refractivity contribution in [3.05, 3.63) is 34.3 Å². The highest BCUT2D eigenvalue weighted by molar-refractivity contribution is 7.13. The number of hydrogen-bond donors (Lipinski definition) is 1. The summed E-state index contributed by atoms with van der Waals surface area (Å²) in [6.45, 7) is 4.07. The average molecular weight is 404 g/mol. The fraction of sp³-hybridized carbons (Fsp3) is 0.526. The number of ether oxygens (including phenoxy) is 3. The summed E-state index contributed by atoms with van der Waals surface area (Å²) in [5.74, 6) is 0.966. The van der Waals surface area contributed by atoms with Gasteiger partial charge in [0.15, 0.2) is 6.29 Å². The number of likely N-dealkylation sites (tertiary alicyclic amines) is 1. The summed E-state index contributed by atoms with van der Waals surface area (Å²) in [6.07, 6.45) is 2.07. The van der Waals surface area contributed by atoms with Gasteiger partial charge in [-0.25, -0.2) is 0 Å². The Kier molecular flexibility index (Phi) is 6.16. The Hall–Kier alpha value is -2.07. The molecule has 28 heavy (non-hydrogen) atoms. The minimum Gasteiger partial charge on any atom is -0.497 e. The topological polar surface area (TPSA) is 85.8 Å². The number of amides is 1. The van der Waals surface area contributed by atoms with E-state index in [1.54, 1.807) is 31.4 Å². The summed E-state index contributed by atoms with van der Waals surface area (Å²) in [5.41, 5.74) is 0.695. The molecule has 4 rings (SSSR count). The number of nitrogens with one attached hydrogen (secondary N) is 1. The number of carbonyl (C=O) groups is 1. The molecule has 1 aromatic carbocycles. The third kappa shape index (κ3) is 4.67. The van der Waals surface area contributed by atoms with Crippen molar-refractivity contribution in [1.29, 1.82) is 0 Å². The largest absolute Gasteiger partial charge is 0.497 e. The highest BCUT2D eigenvalue weighted by atomic mass is 32.1. The van der Waals surface area contributed by atoms with Crippen molar-refractivity contribution in [2.45, 2.75) is 25.7 Å². The van der Waals surface area contributed by atoms with Crippen LogP contribution in [0.2, 0.25) is 0 Å². The van der Waals surface area contributed by atoms with Gasteiger partial charge in [-0.1, -0.05) is 11.3 Å². The van der Waals surface area contributed by atoms with Crippen molar-refractivity contribution in [3.8, 4) is 5.75 Å². The number of carbonyl (C=O) groups excluding carboxylic acids is 1. The van der Waals surface area contributed by atoms with Gasteiger partial charge in [-0.3, -0.25) is 9.69 Å². The number of piperidine rings is 1. The van der Waals surface area contributed by atoms with E-state index in [-0.39, 0.29) is 12.2 Å². The molecule has 2 aliphatic rings. The first-order chi connectivity index (χ1) is 13.7. The van der Waals surface area contributed by atoms with Gasteiger partial charge in [0.25, 0.3) is 5.91 Å². The molecule has 9 heteroatoms. The summed E-state index contributed by atoms with van der Waals surface area (Å²) >= 11 is 1.34. The van der Waals surface area contributed by atoms with Gasteiger partial charge in [0, 0.05) is 11.6 Å². The van der Waals surface area contributed by atoms with E-state index in [9.17, 15) is 4.79 Å². The molecule has 1 N–H and O–H groups in total. The minimum absolute atomic E-state index is 0.0306. The van der Waals surface area contributed by atoms with Gasteiger partial charge in [0.1, 0.15) is 10.8 Å². The fourth-order valence-electron chi connectivity index (χ4n) is 3.49. The number of methoxy groups -OCH3 is 1. The molecule has 2 fully saturated rings. The Morgan fingerprint density at radius 1 is 1.21 bits per heavy atom. The zero-order valence-electron chi connectivity index (χ0n) is 15.8. The zero-order valence-corrected chi connectivity index (χ0v) is 16.6. The van der Waals surface area contributed by atoms with E-state index in [2.05, 4.69) is 20.4 Å². The van der Waals surface area contributed by atoms with Gasteiger partial charge in [-0.2, -0.15) is 0 Å². The van der Waals surface area contributed by atoms with Crippen LogP contribution in [0, 0.1) is 5.92 Å². The van der Waals surface area contributed by atoms with Crippen molar-refractivity contribution in [2.75, 3.05) is 38.7 Å². The standard InChI is InChI=1S/C19H24N4O4S/c1-25-15-4-2-14(3-5-15)20-17(24)18-22-21-16(28-18)12-23-8-6-13(7-9-23)19-26-10-11-27-19/h2-5,13,19H,6-12H2,1H3,(H,20,24). The molecule has 0 aliphatic carbocycles. The third-order valence-corrected chi connectivity index (χ3v) is 5.94. The first-order valence-corrected chi connectivity index (χ1v) is 10.3. The van der Waals surface area contributed by atoms with Crippen LogP contribution < -0.4 is 10.1 Å². The summed E-state index contributed by atoms with van der Waals surface area (Å²) < 4.78 is 16.4. The van der Waals surface area contributed by atoms with E-state index in [1.807, 2.05) is 0 Å². The molecule has 1 amide bonds. The van der Waals surface area contributed by atoms with Crippen LogP contribution in [0.15, 0.2) is 24.3 Å². The van der Waals surface area contributed by atoms with E-state index in [1.165, 1.54) is 11.3 Å². The van der Waals surface area contributed by atoms with E-state index in [0.29, 0.717) is 36.4 Å². The molecule has 0 radical (unpaired) electrons. The van der Waals surface area contributed by atoms with Gasteiger partial charge in [-0.05, 0) is 50.2 Å². The Balaban J connectivity index is 1.27. The zero-order chi connectivity index (χ0) is 19.3. The second-order valence-electron chi connectivity index (χ2n) is 6.91. The quantitative estimate of drug-likeness (QED) is 0.791. The lowest BCUT2D eigenvalue weighted by Crippen LogP contribution is -2.37. The molecule has 2 aliphatic heterocycles. The summed E-state index contributed by atoms with van der Waals surface area (Å²) in [6, 6.07) is 7.18. The smallest absolute Gasteiger partial charge is 0.286 e. The lowest BCUT2D eigenvalue weighted by Gasteiger charge is -2.33. The van der Waals surface area contributed by atoms with Crippen molar-refractivity contribution in [2.24, 2.45) is 5.92 Å². The number of nitrogens with zero attached hydrogens (tertiary/aromatic N) is 3. The predicted octanol–water partition coefficient (Wildman–Crippen LogP) is 2.38. The predicted molar refractivity (Wildman–Crippen MR) is 105 cm³/mol. The average Bonchev–Trinajstić information content (AvgIpc) is 3.41. The Labute approximate surface area is 167 Å². The maximum absolute atomic E-state index is 12.4. The van der Waals surface area contributed by atoms with Gasteiger partial charge in [-0.15, -0.1) is 10.2 Å². The number of hydrogen-bond acceptors (Lipinski definition) is 8. The first kappa shape index (κ1) is 19.3. The molecule has 8 nitrogen and oxygen atoms in total. The Bertz CT molecular complexity index is 783. The highest BCUT2D eigenvalue weighted by Gasteiger charge is 2.30. The maximum atomic E-state index is 12.4. The fourth-order valence-corrected chi connectivity index (χ4v) is 4.27. The van der Waals surface area contributed by atoms with Crippen LogP contribution in [0.1, 0.15) is 27.7 Å². The summed E-state index contributed by atoms with van der Waals surface area (Å²) in [7, 11) is 1.61.